The second kappa shape index (κ2) is 8.45. The van der Waals surface area contributed by atoms with Gasteiger partial charge in [-0.2, -0.15) is 0 Å². The Kier molecular flexibility index (Phi) is 5.58. The number of pyridine rings is 1. The van der Waals surface area contributed by atoms with Crippen molar-refractivity contribution in [2.75, 3.05) is 43.4 Å². The fourth-order valence-electron chi connectivity index (χ4n) is 3.65. The molecule has 0 aliphatic carbocycles. The van der Waals surface area contributed by atoms with Gasteiger partial charge >= 0.3 is 0 Å². The first-order valence-corrected chi connectivity index (χ1v) is 9.96. The number of likely N-dealkylation sites (N-methyl/N-ethyl adjacent to an activating group) is 1. The molecule has 148 valence electrons. The van der Waals surface area contributed by atoms with Crippen LogP contribution in [0.15, 0.2) is 66.9 Å². The van der Waals surface area contributed by atoms with Gasteiger partial charge < -0.3 is 15.1 Å². The Bertz CT molecular complexity index is 992. The van der Waals surface area contributed by atoms with Crippen LogP contribution in [0.3, 0.4) is 0 Å². The van der Waals surface area contributed by atoms with Crippen molar-refractivity contribution in [3.8, 4) is 22.4 Å². The van der Waals surface area contributed by atoms with Crippen molar-refractivity contribution in [1.82, 2.24) is 9.88 Å². The molecule has 0 unspecified atom stereocenters. The number of nitrogens with zero attached hydrogens (tertiary/aromatic N) is 3. The van der Waals surface area contributed by atoms with Crippen LogP contribution in [0.25, 0.3) is 22.4 Å². The molecule has 1 saturated heterocycles. The number of amides is 1. The minimum absolute atomic E-state index is 0.0638. The van der Waals surface area contributed by atoms with Crippen molar-refractivity contribution in [2.45, 2.75) is 6.92 Å². The highest BCUT2D eigenvalue weighted by atomic mass is 16.1. The fourth-order valence-corrected chi connectivity index (χ4v) is 3.65. The summed E-state index contributed by atoms with van der Waals surface area (Å²) < 4.78 is 0. The summed E-state index contributed by atoms with van der Waals surface area (Å²) in [7, 11) is 2.17. The van der Waals surface area contributed by atoms with E-state index in [-0.39, 0.29) is 5.91 Å². The first-order chi connectivity index (χ1) is 14.1. The lowest BCUT2D eigenvalue weighted by atomic mass is 10.0. The zero-order valence-electron chi connectivity index (χ0n) is 16.9. The SMILES string of the molecule is CC(=O)Nc1ccc(-c2cccc(-c3cc(N4CCN(C)CC4)ccn3)c2)cc1. The molecule has 2 aromatic carbocycles. The van der Waals surface area contributed by atoms with E-state index in [2.05, 4.69) is 63.5 Å². The van der Waals surface area contributed by atoms with Gasteiger partial charge in [0.25, 0.3) is 0 Å². The summed E-state index contributed by atoms with van der Waals surface area (Å²) in [5.41, 5.74) is 6.36. The Labute approximate surface area is 172 Å². The van der Waals surface area contributed by atoms with Crippen LogP contribution in [-0.4, -0.2) is 49.0 Å². The van der Waals surface area contributed by atoms with E-state index < -0.39 is 0 Å². The summed E-state index contributed by atoms with van der Waals surface area (Å²) in [5.74, 6) is -0.0638. The molecule has 1 aliphatic heterocycles. The van der Waals surface area contributed by atoms with Gasteiger partial charge in [-0.3, -0.25) is 9.78 Å². The van der Waals surface area contributed by atoms with Gasteiger partial charge in [0.05, 0.1) is 5.69 Å². The number of carbonyl (C=O) groups excluding carboxylic acids is 1. The van der Waals surface area contributed by atoms with Crippen LogP contribution < -0.4 is 10.2 Å². The largest absolute Gasteiger partial charge is 0.369 e. The lowest BCUT2D eigenvalue weighted by molar-refractivity contribution is -0.114. The summed E-state index contributed by atoms with van der Waals surface area (Å²) >= 11 is 0. The highest BCUT2D eigenvalue weighted by Crippen LogP contribution is 2.28. The number of anilines is 2. The average molecular weight is 386 g/mol. The van der Waals surface area contributed by atoms with Gasteiger partial charge in [-0.05, 0) is 48.5 Å². The summed E-state index contributed by atoms with van der Waals surface area (Å²) in [5, 5.41) is 2.80. The molecule has 1 aromatic heterocycles. The smallest absolute Gasteiger partial charge is 0.221 e. The Morgan fingerprint density at radius 1 is 0.897 bits per heavy atom. The monoisotopic (exact) mass is 386 g/mol. The molecule has 1 N–H and O–H groups in total. The van der Waals surface area contributed by atoms with Gasteiger partial charge in [0.1, 0.15) is 0 Å². The number of piperazine rings is 1. The number of hydrogen-bond donors (Lipinski definition) is 1. The maximum absolute atomic E-state index is 11.2. The molecular weight excluding hydrogens is 360 g/mol. The van der Waals surface area contributed by atoms with Gasteiger partial charge in [-0.1, -0.05) is 30.3 Å². The van der Waals surface area contributed by atoms with Crippen LogP contribution in [0, 0.1) is 0 Å². The lowest BCUT2D eigenvalue weighted by Crippen LogP contribution is -2.44. The molecule has 4 rings (SSSR count). The van der Waals surface area contributed by atoms with Crippen molar-refractivity contribution < 1.29 is 4.79 Å². The molecule has 29 heavy (non-hydrogen) atoms. The molecule has 1 amide bonds. The molecular formula is C24H26N4O. The van der Waals surface area contributed by atoms with Crippen LogP contribution in [0.2, 0.25) is 0 Å². The Balaban J connectivity index is 1.57. The number of aromatic nitrogens is 1. The first kappa shape index (κ1) is 19.2. The predicted molar refractivity (Wildman–Crippen MR) is 119 cm³/mol. The van der Waals surface area contributed by atoms with E-state index in [1.165, 1.54) is 12.6 Å². The number of hydrogen-bond acceptors (Lipinski definition) is 4. The van der Waals surface area contributed by atoms with Crippen molar-refractivity contribution in [3.05, 3.63) is 66.9 Å². The second-order valence-corrected chi connectivity index (χ2v) is 7.53. The number of nitrogens with one attached hydrogen (secondary N) is 1. The third kappa shape index (κ3) is 4.63. The zero-order valence-corrected chi connectivity index (χ0v) is 16.9. The van der Waals surface area contributed by atoms with Gasteiger partial charge in [-0.15, -0.1) is 0 Å². The zero-order chi connectivity index (χ0) is 20.2. The van der Waals surface area contributed by atoms with E-state index >= 15 is 0 Å². The summed E-state index contributed by atoms with van der Waals surface area (Å²) in [4.78, 5) is 20.6. The minimum Gasteiger partial charge on any atom is -0.369 e. The van der Waals surface area contributed by atoms with Crippen molar-refractivity contribution in [1.29, 1.82) is 0 Å². The minimum atomic E-state index is -0.0638. The topological polar surface area (TPSA) is 48.5 Å². The lowest BCUT2D eigenvalue weighted by Gasteiger charge is -2.34. The van der Waals surface area contributed by atoms with Crippen molar-refractivity contribution in [2.24, 2.45) is 0 Å². The maximum Gasteiger partial charge on any atom is 0.221 e. The normalized spacial score (nSPS) is 14.6. The van der Waals surface area contributed by atoms with Crippen LogP contribution in [0.1, 0.15) is 6.92 Å². The molecule has 0 spiro atoms. The van der Waals surface area contributed by atoms with Crippen molar-refractivity contribution in [3.63, 3.8) is 0 Å². The number of benzene rings is 2. The van der Waals surface area contributed by atoms with Crippen LogP contribution in [-0.2, 0) is 4.79 Å². The molecule has 5 nitrogen and oxygen atoms in total. The van der Waals surface area contributed by atoms with Gasteiger partial charge in [0.2, 0.25) is 5.91 Å². The van der Waals surface area contributed by atoms with Crippen molar-refractivity contribution >= 4 is 17.3 Å². The van der Waals surface area contributed by atoms with E-state index in [1.807, 2.05) is 30.5 Å². The van der Waals surface area contributed by atoms with E-state index in [4.69, 9.17) is 0 Å². The number of carbonyl (C=O) groups is 1. The van der Waals surface area contributed by atoms with Gasteiger partial charge in [-0.25, -0.2) is 0 Å². The molecule has 2 heterocycles. The Morgan fingerprint density at radius 3 is 2.34 bits per heavy atom. The highest BCUT2D eigenvalue weighted by Gasteiger charge is 2.15. The summed E-state index contributed by atoms with van der Waals surface area (Å²) in [6.45, 7) is 5.77. The third-order valence-electron chi connectivity index (χ3n) is 5.31. The summed E-state index contributed by atoms with van der Waals surface area (Å²) in [6.07, 6.45) is 1.90. The van der Waals surface area contributed by atoms with Crippen LogP contribution in [0.4, 0.5) is 11.4 Å². The highest BCUT2D eigenvalue weighted by molar-refractivity contribution is 5.89. The van der Waals surface area contributed by atoms with Gasteiger partial charge in [0.15, 0.2) is 0 Å². The average Bonchev–Trinajstić information content (AvgIpc) is 2.75. The second-order valence-electron chi connectivity index (χ2n) is 7.53. The molecule has 1 fully saturated rings. The van der Waals surface area contributed by atoms with Crippen LogP contribution in [0.5, 0.6) is 0 Å². The van der Waals surface area contributed by atoms with E-state index in [1.54, 1.807) is 0 Å². The molecule has 0 saturated carbocycles. The maximum atomic E-state index is 11.2. The molecule has 0 radical (unpaired) electrons. The van der Waals surface area contributed by atoms with E-state index in [9.17, 15) is 4.79 Å². The molecule has 0 bridgehead atoms. The molecule has 1 aliphatic rings. The van der Waals surface area contributed by atoms with E-state index in [0.29, 0.717) is 0 Å². The first-order valence-electron chi connectivity index (χ1n) is 9.96. The summed E-state index contributed by atoms with van der Waals surface area (Å²) in [6, 6.07) is 20.6. The van der Waals surface area contributed by atoms with E-state index in [0.717, 1.165) is 54.3 Å². The predicted octanol–water partition coefficient (Wildman–Crippen LogP) is 4.13. The fraction of sp³-hybridized carbons (Fsp3) is 0.250. The Morgan fingerprint density at radius 2 is 1.62 bits per heavy atom. The van der Waals surface area contributed by atoms with Gasteiger partial charge in [0, 0.05) is 56.2 Å². The molecule has 3 aromatic rings. The standard InChI is InChI=1S/C24H26N4O/c1-18(29)26-22-8-6-19(7-9-22)20-4-3-5-21(16-20)24-17-23(10-11-25-24)28-14-12-27(2)13-15-28/h3-11,16-17H,12-15H2,1-2H3,(H,26,29). The molecule has 5 heteroatoms. The van der Waals surface area contributed by atoms with Crippen LogP contribution >= 0.6 is 0 Å². The number of rotatable bonds is 4. The Hall–Kier alpha value is -3.18. The quantitative estimate of drug-likeness (QED) is 0.733. The molecule has 0 atom stereocenters. The third-order valence-corrected chi connectivity index (χ3v) is 5.31.